The molecule has 0 spiro atoms. The second kappa shape index (κ2) is 6.88. The van der Waals surface area contributed by atoms with Crippen molar-refractivity contribution in [3.8, 4) is 5.75 Å². The molecule has 6 nitrogen and oxygen atoms in total. The van der Waals surface area contributed by atoms with E-state index in [2.05, 4.69) is 0 Å². The number of rotatable bonds is 4. The Morgan fingerprint density at radius 3 is 2.30 bits per heavy atom. The number of fused-ring (bicyclic) bond motifs is 1. The Morgan fingerprint density at radius 1 is 1.07 bits per heavy atom. The van der Waals surface area contributed by atoms with Crippen molar-refractivity contribution < 1.29 is 22.7 Å². The van der Waals surface area contributed by atoms with Crippen LogP contribution in [-0.2, 0) is 26.0 Å². The lowest BCUT2D eigenvalue weighted by Gasteiger charge is -2.25. The lowest BCUT2D eigenvalue weighted by atomic mass is 10.1. The summed E-state index contributed by atoms with van der Waals surface area (Å²) in [6.07, 6.45) is 0.285. The molecule has 1 atom stereocenters. The Bertz CT molecular complexity index is 945. The molecule has 0 unspecified atom stereocenters. The van der Waals surface area contributed by atoms with E-state index >= 15 is 0 Å². The van der Waals surface area contributed by atoms with E-state index in [-0.39, 0.29) is 16.9 Å². The van der Waals surface area contributed by atoms with E-state index in [4.69, 9.17) is 9.47 Å². The average molecular weight is 389 g/mol. The van der Waals surface area contributed by atoms with Gasteiger partial charge in [0.1, 0.15) is 17.4 Å². The molecule has 0 N–H and O–H groups in total. The summed E-state index contributed by atoms with van der Waals surface area (Å²) in [7, 11) is -2.68. The van der Waals surface area contributed by atoms with Gasteiger partial charge in [-0.3, -0.25) is 4.31 Å². The predicted octanol–water partition coefficient (Wildman–Crippen LogP) is 3.16. The molecule has 0 fully saturated rings. The van der Waals surface area contributed by atoms with Gasteiger partial charge in [0.2, 0.25) is 0 Å². The lowest BCUT2D eigenvalue weighted by molar-refractivity contribution is -0.141. The van der Waals surface area contributed by atoms with Gasteiger partial charge in [-0.2, -0.15) is 0 Å². The molecule has 2 aromatic rings. The first kappa shape index (κ1) is 19.2. The highest BCUT2D eigenvalue weighted by Gasteiger charge is 2.42. The molecule has 1 heterocycles. The van der Waals surface area contributed by atoms with Gasteiger partial charge in [0.25, 0.3) is 10.0 Å². The summed E-state index contributed by atoms with van der Waals surface area (Å²) in [6, 6.07) is 12.4. The van der Waals surface area contributed by atoms with Gasteiger partial charge in [0.15, 0.2) is 0 Å². The maximum Gasteiger partial charge on any atom is 0.330 e. The van der Waals surface area contributed by atoms with Crippen LogP contribution < -0.4 is 9.04 Å². The third-order valence-electron chi connectivity index (χ3n) is 4.20. The standard InChI is InChI=1S/C20H23NO5S/c1-20(2,3)26-15-9-11-16(12-10-15)27(23,24)21-17-8-6-5-7-14(17)13-18(21)19(22)25-4/h5-12,18H,13H2,1-4H3/t18-/m0/s1. The summed E-state index contributed by atoms with van der Waals surface area (Å²) in [5, 5.41) is 0. The number of esters is 1. The van der Waals surface area contributed by atoms with Gasteiger partial charge in [-0.25, -0.2) is 13.2 Å². The molecule has 1 aliphatic heterocycles. The number of methoxy groups -OCH3 is 1. The van der Waals surface area contributed by atoms with Crippen LogP contribution in [0.3, 0.4) is 0 Å². The van der Waals surface area contributed by atoms with Gasteiger partial charge >= 0.3 is 5.97 Å². The molecule has 0 aromatic heterocycles. The van der Waals surface area contributed by atoms with Crippen molar-refractivity contribution >= 4 is 21.7 Å². The second-order valence-electron chi connectivity index (χ2n) is 7.36. The van der Waals surface area contributed by atoms with Crippen LogP contribution in [0, 0.1) is 0 Å². The number of para-hydroxylation sites is 1. The number of carbonyl (C=O) groups is 1. The fraction of sp³-hybridized carbons (Fsp3) is 0.350. The molecule has 0 amide bonds. The predicted molar refractivity (Wildman–Crippen MR) is 102 cm³/mol. The molecule has 0 saturated carbocycles. The van der Waals surface area contributed by atoms with Crippen LogP contribution >= 0.6 is 0 Å². The van der Waals surface area contributed by atoms with E-state index in [1.165, 1.54) is 19.2 Å². The highest BCUT2D eigenvalue weighted by molar-refractivity contribution is 7.93. The number of ether oxygens (including phenoxy) is 2. The molecule has 0 radical (unpaired) electrons. The largest absolute Gasteiger partial charge is 0.488 e. The van der Waals surface area contributed by atoms with E-state index in [1.54, 1.807) is 24.3 Å². The van der Waals surface area contributed by atoms with Crippen molar-refractivity contribution in [2.75, 3.05) is 11.4 Å². The first-order chi connectivity index (χ1) is 12.6. The minimum absolute atomic E-state index is 0.0920. The molecule has 27 heavy (non-hydrogen) atoms. The van der Waals surface area contributed by atoms with E-state index in [0.717, 1.165) is 9.87 Å². The van der Waals surface area contributed by atoms with Crippen LogP contribution in [0.15, 0.2) is 53.4 Å². The number of sulfonamides is 1. The number of nitrogens with zero attached hydrogens (tertiary/aromatic N) is 1. The summed E-state index contributed by atoms with van der Waals surface area (Å²) in [4.78, 5) is 12.3. The SMILES string of the molecule is COC(=O)[C@@H]1Cc2ccccc2N1S(=O)(=O)c1ccc(OC(C)(C)C)cc1. The van der Waals surface area contributed by atoms with Crippen LogP contribution in [0.1, 0.15) is 26.3 Å². The fourth-order valence-corrected chi connectivity index (χ4v) is 4.76. The molecular weight excluding hydrogens is 366 g/mol. The normalized spacial score (nSPS) is 16.7. The number of benzene rings is 2. The third-order valence-corrected chi connectivity index (χ3v) is 6.04. The first-order valence-electron chi connectivity index (χ1n) is 8.63. The Hall–Kier alpha value is -2.54. The Kier molecular flexibility index (Phi) is 4.90. The molecule has 7 heteroatoms. The number of carbonyl (C=O) groups excluding carboxylic acids is 1. The zero-order valence-corrected chi connectivity index (χ0v) is 16.6. The summed E-state index contributed by atoms with van der Waals surface area (Å²) in [6.45, 7) is 5.75. The van der Waals surface area contributed by atoms with Crippen molar-refractivity contribution in [3.63, 3.8) is 0 Å². The zero-order chi connectivity index (χ0) is 19.8. The third kappa shape index (κ3) is 3.78. The molecule has 144 valence electrons. The maximum absolute atomic E-state index is 13.3. The van der Waals surface area contributed by atoms with Crippen molar-refractivity contribution in [3.05, 3.63) is 54.1 Å². The van der Waals surface area contributed by atoms with E-state index in [1.807, 2.05) is 32.9 Å². The van der Waals surface area contributed by atoms with Gasteiger partial charge in [0.05, 0.1) is 17.7 Å². The second-order valence-corrected chi connectivity index (χ2v) is 9.17. The van der Waals surface area contributed by atoms with Crippen LogP contribution in [0.2, 0.25) is 0 Å². The van der Waals surface area contributed by atoms with Gasteiger partial charge < -0.3 is 9.47 Å². The first-order valence-corrected chi connectivity index (χ1v) is 10.1. The molecule has 0 bridgehead atoms. The quantitative estimate of drug-likeness (QED) is 0.751. The van der Waals surface area contributed by atoms with Crippen molar-refractivity contribution in [1.29, 1.82) is 0 Å². The number of hydrogen-bond donors (Lipinski definition) is 0. The number of anilines is 1. The van der Waals surface area contributed by atoms with E-state index in [0.29, 0.717) is 11.4 Å². The summed E-state index contributed by atoms with van der Waals surface area (Å²) >= 11 is 0. The van der Waals surface area contributed by atoms with Crippen LogP contribution in [0.5, 0.6) is 5.75 Å². The van der Waals surface area contributed by atoms with Crippen LogP contribution in [0.25, 0.3) is 0 Å². The van der Waals surface area contributed by atoms with Gasteiger partial charge in [0, 0.05) is 6.42 Å². The summed E-state index contributed by atoms with van der Waals surface area (Å²) < 4.78 is 38.3. The molecule has 0 saturated heterocycles. The number of hydrogen-bond acceptors (Lipinski definition) is 5. The Labute approximate surface area is 159 Å². The smallest absolute Gasteiger partial charge is 0.330 e. The lowest BCUT2D eigenvalue weighted by Crippen LogP contribution is -2.43. The Morgan fingerprint density at radius 2 is 1.70 bits per heavy atom. The highest BCUT2D eigenvalue weighted by atomic mass is 32.2. The molecule has 3 rings (SSSR count). The van der Waals surface area contributed by atoms with Gasteiger partial charge in [-0.15, -0.1) is 0 Å². The van der Waals surface area contributed by atoms with Crippen LogP contribution in [-0.4, -0.2) is 33.1 Å². The zero-order valence-electron chi connectivity index (χ0n) is 15.8. The Balaban J connectivity index is 2.00. The minimum atomic E-state index is -3.94. The minimum Gasteiger partial charge on any atom is -0.488 e. The van der Waals surface area contributed by atoms with Gasteiger partial charge in [-0.05, 0) is 56.7 Å². The maximum atomic E-state index is 13.3. The molecule has 0 aliphatic carbocycles. The molecular formula is C20H23NO5S. The van der Waals surface area contributed by atoms with Gasteiger partial charge in [-0.1, -0.05) is 18.2 Å². The average Bonchev–Trinajstić information content (AvgIpc) is 3.00. The van der Waals surface area contributed by atoms with Crippen molar-refractivity contribution in [2.24, 2.45) is 0 Å². The molecule has 2 aromatic carbocycles. The van der Waals surface area contributed by atoms with Crippen molar-refractivity contribution in [1.82, 2.24) is 0 Å². The van der Waals surface area contributed by atoms with Crippen molar-refractivity contribution in [2.45, 2.75) is 43.7 Å². The monoisotopic (exact) mass is 389 g/mol. The van der Waals surface area contributed by atoms with Crippen LogP contribution in [0.4, 0.5) is 5.69 Å². The topological polar surface area (TPSA) is 72.9 Å². The summed E-state index contributed by atoms with van der Waals surface area (Å²) in [5.41, 5.74) is 0.914. The summed E-state index contributed by atoms with van der Waals surface area (Å²) in [5.74, 6) is -0.00440. The van der Waals surface area contributed by atoms with E-state index < -0.39 is 22.0 Å². The fourth-order valence-electron chi connectivity index (χ4n) is 3.12. The van der Waals surface area contributed by atoms with E-state index in [9.17, 15) is 13.2 Å². The highest BCUT2D eigenvalue weighted by Crippen LogP contribution is 2.37. The molecule has 1 aliphatic rings.